The average molecular weight is 208 g/mol. The average Bonchev–Trinajstić information content (AvgIpc) is 2.18. The number of carbonyl (C=O) groups is 1. The maximum absolute atomic E-state index is 10.6. The van der Waals surface area contributed by atoms with Crippen LogP contribution in [0.15, 0.2) is 36.4 Å². The van der Waals surface area contributed by atoms with Crippen LogP contribution >= 0.6 is 11.8 Å². The molecule has 0 atom stereocenters. The van der Waals surface area contributed by atoms with Crippen LogP contribution < -0.4 is 0 Å². The molecule has 0 aliphatic rings. The van der Waals surface area contributed by atoms with Crippen LogP contribution in [0, 0.1) is 0 Å². The summed E-state index contributed by atoms with van der Waals surface area (Å²) in [4.78, 5) is 11.4. The van der Waals surface area contributed by atoms with Gasteiger partial charge < -0.3 is 5.11 Å². The number of carboxylic acids is 1. The Bertz CT molecular complexity index is 330. The van der Waals surface area contributed by atoms with Gasteiger partial charge in [-0.2, -0.15) is 0 Å². The van der Waals surface area contributed by atoms with Gasteiger partial charge >= 0.3 is 5.97 Å². The summed E-state index contributed by atoms with van der Waals surface area (Å²) in [5, 5.41) is 8.68. The Morgan fingerprint density at radius 2 is 2.07 bits per heavy atom. The van der Waals surface area contributed by atoms with Crippen LogP contribution in [0.25, 0.3) is 4.91 Å². The van der Waals surface area contributed by atoms with Crippen molar-refractivity contribution in [2.24, 2.45) is 0 Å². The number of benzene rings is 1. The molecule has 1 N–H and O–H groups in total. The van der Waals surface area contributed by atoms with Gasteiger partial charge in [-0.1, -0.05) is 37.3 Å². The summed E-state index contributed by atoms with van der Waals surface area (Å²) in [6, 6.07) is 9.55. The lowest BCUT2D eigenvalue weighted by atomic mass is 10.2. The number of hydrogen-bond acceptors (Lipinski definition) is 2. The molecule has 1 rings (SSSR count). The Morgan fingerprint density at radius 1 is 1.43 bits per heavy atom. The highest BCUT2D eigenvalue weighted by Crippen LogP contribution is 2.26. The third kappa shape index (κ3) is 3.26. The van der Waals surface area contributed by atoms with Crippen molar-refractivity contribution >= 4 is 22.6 Å². The van der Waals surface area contributed by atoms with E-state index in [2.05, 4.69) is 0 Å². The van der Waals surface area contributed by atoms with E-state index < -0.39 is 5.97 Å². The molecule has 2 nitrogen and oxygen atoms in total. The zero-order valence-corrected chi connectivity index (χ0v) is 8.75. The minimum Gasteiger partial charge on any atom is -0.478 e. The monoisotopic (exact) mass is 208 g/mol. The highest BCUT2D eigenvalue weighted by molar-refractivity contribution is 8.08. The Hall–Kier alpha value is -1.22. The van der Waals surface area contributed by atoms with E-state index in [1.54, 1.807) is 0 Å². The quantitative estimate of drug-likeness (QED) is 0.773. The first kappa shape index (κ1) is 10.9. The van der Waals surface area contributed by atoms with Crippen LogP contribution in [0.4, 0.5) is 0 Å². The summed E-state index contributed by atoms with van der Waals surface area (Å²) in [5.74, 6) is -0.0293. The summed E-state index contributed by atoms with van der Waals surface area (Å²) in [7, 11) is 0. The molecule has 3 heteroatoms. The second-order valence-electron chi connectivity index (χ2n) is 2.65. The van der Waals surface area contributed by atoms with Gasteiger partial charge in [-0.05, 0) is 11.3 Å². The lowest BCUT2D eigenvalue weighted by Gasteiger charge is -2.03. The summed E-state index contributed by atoms with van der Waals surface area (Å²) in [6.07, 6.45) is 1.25. The summed E-state index contributed by atoms with van der Waals surface area (Å²) in [6.45, 7) is 2.00. The summed E-state index contributed by atoms with van der Waals surface area (Å²) in [5.41, 5.74) is 0.960. The largest absolute Gasteiger partial charge is 0.478 e. The zero-order chi connectivity index (χ0) is 10.4. The van der Waals surface area contributed by atoms with Crippen molar-refractivity contribution < 1.29 is 9.90 Å². The second-order valence-corrected chi connectivity index (χ2v) is 3.95. The number of rotatable bonds is 4. The van der Waals surface area contributed by atoms with E-state index in [0.717, 1.165) is 16.2 Å². The van der Waals surface area contributed by atoms with Crippen molar-refractivity contribution in [3.05, 3.63) is 42.0 Å². The van der Waals surface area contributed by atoms with E-state index in [1.165, 1.54) is 17.8 Å². The van der Waals surface area contributed by atoms with Gasteiger partial charge in [-0.15, -0.1) is 11.8 Å². The van der Waals surface area contributed by atoms with Gasteiger partial charge in [0.25, 0.3) is 0 Å². The van der Waals surface area contributed by atoms with Crippen molar-refractivity contribution in [1.29, 1.82) is 0 Å². The molecule has 0 heterocycles. The van der Waals surface area contributed by atoms with Crippen LogP contribution in [0.3, 0.4) is 0 Å². The molecule has 0 saturated heterocycles. The molecular weight excluding hydrogens is 196 g/mol. The molecule has 0 aliphatic heterocycles. The van der Waals surface area contributed by atoms with Crippen molar-refractivity contribution in [2.75, 3.05) is 5.75 Å². The van der Waals surface area contributed by atoms with E-state index in [-0.39, 0.29) is 0 Å². The highest BCUT2D eigenvalue weighted by atomic mass is 32.2. The summed E-state index contributed by atoms with van der Waals surface area (Å²) < 4.78 is 0. The second kappa shape index (κ2) is 5.50. The van der Waals surface area contributed by atoms with Gasteiger partial charge in [0, 0.05) is 11.0 Å². The van der Waals surface area contributed by atoms with Crippen molar-refractivity contribution in [1.82, 2.24) is 0 Å². The topological polar surface area (TPSA) is 37.3 Å². The van der Waals surface area contributed by atoms with Crippen LogP contribution in [-0.2, 0) is 4.79 Å². The van der Waals surface area contributed by atoms with Gasteiger partial charge in [-0.3, -0.25) is 0 Å². The van der Waals surface area contributed by atoms with Crippen molar-refractivity contribution in [2.45, 2.75) is 6.92 Å². The van der Waals surface area contributed by atoms with E-state index in [9.17, 15) is 4.79 Å². The molecule has 0 unspecified atom stereocenters. The lowest BCUT2D eigenvalue weighted by Crippen LogP contribution is -1.90. The summed E-state index contributed by atoms with van der Waals surface area (Å²) >= 11 is 1.54. The molecule has 0 radical (unpaired) electrons. The van der Waals surface area contributed by atoms with E-state index >= 15 is 0 Å². The molecule has 0 aromatic heterocycles. The first-order valence-corrected chi connectivity index (χ1v) is 5.35. The maximum Gasteiger partial charge on any atom is 0.329 e. The molecule has 74 valence electrons. The Balaban J connectivity index is 2.94. The SMILES string of the molecule is CCS/C(=C\C(=O)O)c1ccccc1. The first-order chi connectivity index (χ1) is 6.74. The van der Waals surface area contributed by atoms with Gasteiger partial charge in [0.15, 0.2) is 0 Å². The molecule has 0 saturated carbocycles. The number of carboxylic acid groups (broad SMARTS) is 1. The molecule has 0 amide bonds. The zero-order valence-electron chi connectivity index (χ0n) is 7.93. The highest BCUT2D eigenvalue weighted by Gasteiger charge is 2.02. The van der Waals surface area contributed by atoms with Gasteiger partial charge in [0.05, 0.1) is 0 Å². The van der Waals surface area contributed by atoms with Crippen LogP contribution in [0.5, 0.6) is 0 Å². The predicted molar refractivity (Wildman–Crippen MR) is 60.2 cm³/mol. The maximum atomic E-state index is 10.6. The standard InChI is InChI=1S/C11H12O2S/c1-2-14-10(8-11(12)13)9-6-4-3-5-7-9/h3-8H,2H2,1H3,(H,12,13)/b10-8-. The normalized spacial score (nSPS) is 11.4. The Morgan fingerprint density at radius 3 is 2.57 bits per heavy atom. The third-order valence-corrected chi connectivity index (χ3v) is 2.57. The molecule has 14 heavy (non-hydrogen) atoms. The Labute approximate surface area is 87.6 Å². The molecule has 0 aliphatic carbocycles. The van der Waals surface area contributed by atoms with Crippen molar-refractivity contribution in [3.8, 4) is 0 Å². The molecule has 0 bridgehead atoms. The molecule has 1 aromatic rings. The minimum atomic E-state index is -0.898. The molecule has 1 aromatic carbocycles. The van der Waals surface area contributed by atoms with E-state index in [1.807, 2.05) is 37.3 Å². The van der Waals surface area contributed by atoms with Gasteiger partial charge in [-0.25, -0.2) is 4.79 Å². The fourth-order valence-electron chi connectivity index (χ4n) is 1.08. The predicted octanol–water partition coefficient (Wildman–Crippen LogP) is 2.87. The number of aliphatic carboxylic acids is 1. The smallest absolute Gasteiger partial charge is 0.329 e. The minimum absolute atomic E-state index is 0.806. The van der Waals surface area contributed by atoms with Gasteiger partial charge in [0.2, 0.25) is 0 Å². The lowest BCUT2D eigenvalue weighted by molar-refractivity contribution is -0.131. The number of thioether (sulfide) groups is 1. The molecular formula is C11H12O2S. The molecule has 0 spiro atoms. The van der Waals surface area contributed by atoms with Crippen LogP contribution in [0.1, 0.15) is 12.5 Å². The van der Waals surface area contributed by atoms with Crippen LogP contribution in [0.2, 0.25) is 0 Å². The van der Waals surface area contributed by atoms with Gasteiger partial charge in [0.1, 0.15) is 0 Å². The van der Waals surface area contributed by atoms with Crippen molar-refractivity contribution in [3.63, 3.8) is 0 Å². The first-order valence-electron chi connectivity index (χ1n) is 4.37. The fraction of sp³-hybridized carbons (Fsp3) is 0.182. The van der Waals surface area contributed by atoms with E-state index in [0.29, 0.717) is 0 Å². The van der Waals surface area contributed by atoms with E-state index in [4.69, 9.17) is 5.11 Å². The van der Waals surface area contributed by atoms with Crippen LogP contribution in [-0.4, -0.2) is 16.8 Å². The Kier molecular flexibility index (Phi) is 4.26. The fourth-order valence-corrected chi connectivity index (χ4v) is 1.88. The number of hydrogen-bond donors (Lipinski definition) is 1. The third-order valence-electron chi connectivity index (χ3n) is 1.61. The molecule has 0 fully saturated rings.